The summed E-state index contributed by atoms with van der Waals surface area (Å²) in [7, 11) is 0. The Bertz CT molecular complexity index is 952. The van der Waals surface area contributed by atoms with Gasteiger partial charge in [-0.2, -0.15) is 0 Å². The molecule has 2 rings (SSSR count). The summed E-state index contributed by atoms with van der Waals surface area (Å²) < 4.78 is 10.0. The van der Waals surface area contributed by atoms with E-state index in [2.05, 4.69) is 10.2 Å². The fourth-order valence-electron chi connectivity index (χ4n) is 3.07. The number of rotatable bonds is 8. The molecule has 0 amide bonds. The number of nitrogens with one attached hydrogen (secondary N) is 1. The third-order valence-corrected chi connectivity index (χ3v) is 4.19. The first-order chi connectivity index (χ1) is 14.1. The molecule has 1 aromatic carbocycles. The molecule has 12 heteroatoms. The standard InChI is InChI=1S/C18H19N3O9/c1-10-15(12(3)22)16(13-5-4-6-14(9-13)20(24)25)17(11(2)19-10)30-18(23)28-7-8-29-21(26)27/h4-6,9,16,19H,7-8H2,1-3H3. The Labute approximate surface area is 170 Å². The van der Waals surface area contributed by atoms with Gasteiger partial charge in [0.15, 0.2) is 5.78 Å². The molecule has 0 saturated carbocycles. The summed E-state index contributed by atoms with van der Waals surface area (Å²) in [6.45, 7) is 3.67. The average Bonchev–Trinajstić information content (AvgIpc) is 2.66. The highest BCUT2D eigenvalue weighted by Gasteiger charge is 2.35. The maximum atomic E-state index is 12.3. The number of dihydropyridines is 1. The maximum Gasteiger partial charge on any atom is 0.513 e. The second kappa shape index (κ2) is 9.49. The van der Waals surface area contributed by atoms with E-state index in [1.165, 1.54) is 25.1 Å². The molecule has 1 aliphatic rings. The SMILES string of the molecule is CC(=O)C1=C(C)NC(C)=C(OC(=O)OCCO[N+](=O)[O-])C1c1cccc([N+](=O)[O-])c1. The normalized spacial score (nSPS) is 15.9. The zero-order valence-corrected chi connectivity index (χ0v) is 16.4. The van der Waals surface area contributed by atoms with E-state index in [0.717, 1.165) is 0 Å². The van der Waals surface area contributed by atoms with Crippen molar-refractivity contribution in [3.63, 3.8) is 0 Å². The summed E-state index contributed by atoms with van der Waals surface area (Å²) in [6.07, 6.45) is -1.17. The van der Waals surface area contributed by atoms with Crippen molar-refractivity contribution < 1.29 is 33.9 Å². The monoisotopic (exact) mass is 421 g/mol. The van der Waals surface area contributed by atoms with E-state index in [1.807, 2.05) is 0 Å². The average molecular weight is 421 g/mol. The topological polar surface area (TPSA) is 160 Å². The Hall–Kier alpha value is -3.96. The Morgan fingerprint density at radius 3 is 2.43 bits per heavy atom. The second-order valence-corrected chi connectivity index (χ2v) is 6.25. The van der Waals surface area contributed by atoms with Gasteiger partial charge in [-0.05, 0) is 26.3 Å². The van der Waals surface area contributed by atoms with E-state index in [9.17, 15) is 29.8 Å². The molecule has 0 fully saturated rings. The van der Waals surface area contributed by atoms with Crippen LogP contribution < -0.4 is 5.32 Å². The summed E-state index contributed by atoms with van der Waals surface area (Å²) >= 11 is 0. The van der Waals surface area contributed by atoms with Crippen molar-refractivity contribution in [2.75, 3.05) is 13.2 Å². The molecule has 0 aliphatic carbocycles. The fourth-order valence-corrected chi connectivity index (χ4v) is 3.07. The number of hydrogen-bond donors (Lipinski definition) is 1. The fraction of sp³-hybridized carbons (Fsp3) is 0.333. The lowest BCUT2D eigenvalue weighted by Crippen LogP contribution is -2.29. The molecule has 1 aromatic rings. The van der Waals surface area contributed by atoms with Gasteiger partial charge < -0.3 is 19.6 Å². The molecule has 0 spiro atoms. The van der Waals surface area contributed by atoms with Gasteiger partial charge in [0.05, 0.1) is 16.5 Å². The molecule has 0 bridgehead atoms. The number of Topliss-reactive ketones (excluding diaryl/α,β-unsaturated/α-hetero) is 1. The number of carbonyl (C=O) groups excluding carboxylic acids is 2. The predicted octanol–water partition coefficient (Wildman–Crippen LogP) is 2.74. The van der Waals surface area contributed by atoms with Crippen molar-refractivity contribution in [1.82, 2.24) is 5.32 Å². The number of benzene rings is 1. The van der Waals surface area contributed by atoms with Crippen molar-refractivity contribution in [1.29, 1.82) is 0 Å². The van der Waals surface area contributed by atoms with Crippen LogP contribution in [0.5, 0.6) is 0 Å². The van der Waals surface area contributed by atoms with Crippen LogP contribution in [0.1, 0.15) is 32.3 Å². The van der Waals surface area contributed by atoms with Crippen molar-refractivity contribution in [2.24, 2.45) is 0 Å². The van der Waals surface area contributed by atoms with Gasteiger partial charge in [-0.15, -0.1) is 10.1 Å². The number of allylic oxidation sites excluding steroid dienone is 3. The third kappa shape index (κ3) is 5.31. The quantitative estimate of drug-likeness (QED) is 0.286. The molecular formula is C18H19N3O9. The molecule has 0 radical (unpaired) electrons. The van der Waals surface area contributed by atoms with Crippen molar-refractivity contribution >= 4 is 17.6 Å². The van der Waals surface area contributed by atoms with Crippen LogP contribution in [0.25, 0.3) is 0 Å². The van der Waals surface area contributed by atoms with Gasteiger partial charge in [0, 0.05) is 23.4 Å². The van der Waals surface area contributed by atoms with Gasteiger partial charge >= 0.3 is 6.16 Å². The highest BCUT2D eigenvalue weighted by atomic mass is 17.0. The summed E-state index contributed by atoms with van der Waals surface area (Å²) in [4.78, 5) is 49.1. The third-order valence-electron chi connectivity index (χ3n) is 4.19. The summed E-state index contributed by atoms with van der Waals surface area (Å²) in [5.41, 5.74) is 1.35. The first-order valence-corrected chi connectivity index (χ1v) is 8.67. The molecular weight excluding hydrogens is 402 g/mol. The van der Waals surface area contributed by atoms with Crippen LogP contribution in [-0.4, -0.2) is 35.2 Å². The molecule has 30 heavy (non-hydrogen) atoms. The molecule has 160 valence electrons. The molecule has 1 N–H and O–H groups in total. The smallest absolute Gasteiger partial charge is 0.432 e. The highest BCUT2D eigenvalue weighted by Crippen LogP contribution is 2.40. The zero-order valence-electron chi connectivity index (χ0n) is 16.4. The van der Waals surface area contributed by atoms with E-state index in [0.29, 0.717) is 17.0 Å². The lowest BCUT2D eigenvalue weighted by molar-refractivity contribution is -0.757. The Kier molecular flexibility index (Phi) is 7.07. The largest absolute Gasteiger partial charge is 0.513 e. The van der Waals surface area contributed by atoms with E-state index in [4.69, 9.17) is 9.47 Å². The van der Waals surface area contributed by atoms with Crippen LogP contribution in [0.15, 0.2) is 47.0 Å². The maximum absolute atomic E-state index is 12.3. The molecule has 1 heterocycles. The predicted molar refractivity (Wildman–Crippen MR) is 100 cm³/mol. The molecule has 12 nitrogen and oxygen atoms in total. The number of non-ortho nitro benzene ring substituents is 1. The Morgan fingerprint density at radius 1 is 1.13 bits per heavy atom. The number of carbonyl (C=O) groups is 2. The number of ether oxygens (including phenoxy) is 2. The van der Waals surface area contributed by atoms with Gasteiger partial charge in [0.1, 0.15) is 19.0 Å². The van der Waals surface area contributed by atoms with E-state index < -0.39 is 35.3 Å². The van der Waals surface area contributed by atoms with Crippen LogP contribution in [-0.2, 0) is 19.1 Å². The minimum absolute atomic E-state index is 0.0199. The van der Waals surface area contributed by atoms with Crippen LogP contribution in [0.4, 0.5) is 10.5 Å². The number of nitrogens with zero attached hydrogens (tertiary/aromatic N) is 2. The first kappa shape index (κ1) is 22.3. The van der Waals surface area contributed by atoms with E-state index in [1.54, 1.807) is 19.9 Å². The van der Waals surface area contributed by atoms with Gasteiger partial charge in [-0.1, -0.05) is 12.1 Å². The van der Waals surface area contributed by atoms with Crippen LogP contribution in [0, 0.1) is 20.2 Å². The summed E-state index contributed by atoms with van der Waals surface area (Å²) in [5, 5.41) is 23.2. The molecule has 0 aromatic heterocycles. The van der Waals surface area contributed by atoms with Crippen molar-refractivity contribution in [3.05, 3.63) is 72.8 Å². The highest BCUT2D eigenvalue weighted by molar-refractivity contribution is 5.96. The summed E-state index contributed by atoms with van der Waals surface area (Å²) in [5.74, 6) is -1.20. The molecule has 0 saturated heterocycles. The number of nitro groups is 1. The van der Waals surface area contributed by atoms with Gasteiger partial charge in [0.25, 0.3) is 10.8 Å². The molecule has 1 aliphatic heterocycles. The lowest BCUT2D eigenvalue weighted by atomic mass is 9.83. The van der Waals surface area contributed by atoms with Crippen LogP contribution in [0.3, 0.4) is 0 Å². The van der Waals surface area contributed by atoms with Crippen LogP contribution >= 0.6 is 0 Å². The zero-order chi connectivity index (χ0) is 22.4. The first-order valence-electron chi connectivity index (χ1n) is 8.67. The number of hydrogen-bond acceptors (Lipinski definition) is 10. The van der Waals surface area contributed by atoms with E-state index >= 15 is 0 Å². The van der Waals surface area contributed by atoms with Gasteiger partial charge in [-0.3, -0.25) is 14.9 Å². The van der Waals surface area contributed by atoms with Gasteiger partial charge in [-0.25, -0.2) is 4.79 Å². The van der Waals surface area contributed by atoms with Gasteiger partial charge in [0.2, 0.25) is 0 Å². The Balaban J connectivity index is 2.36. The van der Waals surface area contributed by atoms with E-state index in [-0.39, 0.29) is 22.8 Å². The van der Waals surface area contributed by atoms with Crippen molar-refractivity contribution in [2.45, 2.75) is 26.7 Å². The number of nitro benzene ring substituents is 1. The molecule has 1 atom stereocenters. The minimum atomic E-state index is -1.17. The minimum Gasteiger partial charge on any atom is -0.432 e. The van der Waals surface area contributed by atoms with Crippen LogP contribution in [0.2, 0.25) is 0 Å². The summed E-state index contributed by atoms with van der Waals surface area (Å²) in [6, 6.07) is 5.63. The molecule has 1 unspecified atom stereocenters. The number of ketones is 1. The Morgan fingerprint density at radius 2 is 1.83 bits per heavy atom. The second-order valence-electron chi connectivity index (χ2n) is 6.25. The lowest BCUT2D eigenvalue weighted by Gasteiger charge is -2.30. The van der Waals surface area contributed by atoms with Crippen molar-refractivity contribution in [3.8, 4) is 0 Å².